The Labute approximate surface area is 178 Å². The summed E-state index contributed by atoms with van der Waals surface area (Å²) in [7, 11) is 3.20. The van der Waals surface area contributed by atoms with E-state index in [1.54, 1.807) is 14.2 Å². The molecule has 0 heterocycles. The summed E-state index contributed by atoms with van der Waals surface area (Å²) in [5.41, 5.74) is 8.14. The van der Waals surface area contributed by atoms with Gasteiger partial charge < -0.3 is 25.3 Å². The van der Waals surface area contributed by atoms with Crippen molar-refractivity contribution in [3.05, 3.63) is 53.6 Å². The maximum absolute atomic E-state index is 5.96. The number of nitrogens with zero attached hydrogens (tertiary/aromatic N) is 1. The average Bonchev–Trinajstić information content (AvgIpc) is 2.67. The van der Waals surface area contributed by atoms with E-state index < -0.39 is 0 Å². The first kappa shape index (κ1) is 22.9. The van der Waals surface area contributed by atoms with Crippen molar-refractivity contribution in [2.45, 2.75) is 19.9 Å². The number of nitrogens with two attached hydrogens (primary N) is 1. The van der Waals surface area contributed by atoms with Crippen molar-refractivity contribution < 1.29 is 14.2 Å². The van der Waals surface area contributed by atoms with E-state index in [2.05, 4.69) is 22.4 Å². The van der Waals surface area contributed by atoms with Gasteiger partial charge in [0.25, 0.3) is 0 Å². The minimum Gasteiger partial charge on any atom is -0.493 e. The highest BCUT2D eigenvalue weighted by Crippen LogP contribution is 2.38. The summed E-state index contributed by atoms with van der Waals surface area (Å²) in [5, 5.41) is 3.13. The van der Waals surface area contributed by atoms with Gasteiger partial charge in [0.05, 0.1) is 27.4 Å². The highest BCUT2D eigenvalue weighted by atomic mass is 127. The van der Waals surface area contributed by atoms with Gasteiger partial charge in [-0.2, -0.15) is 0 Å². The van der Waals surface area contributed by atoms with E-state index in [0.717, 1.165) is 18.5 Å². The highest BCUT2D eigenvalue weighted by molar-refractivity contribution is 14.0. The Kier molecular flexibility index (Phi) is 10.4. The Bertz CT molecular complexity index is 699. The first-order valence-electron chi connectivity index (χ1n) is 8.63. The second-order valence-electron chi connectivity index (χ2n) is 5.63. The van der Waals surface area contributed by atoms with E-state index in [1.165, 1.54) is 5.56 Å². The van der Waals surface area contributed by atoms with E-state index in [9.17, 15) is 0 Å². The maximum atomic E-state index is 5.96. The van der Waals surface area contributed by atoms with Gasteiger partial charge in [-0.1, -0.05) is 30.3 Å². The Balaban J connectivity index is 0.00000364. The summed E-state index contributed by atoms with van der Waals surface area (Å²) < 4.78 is 16.4. The van der Waals surface area contributed by atoms with Crippen LogP contribution in [0.3, 0.4) is 0 Å². The third-order valence-corrected chi connectivity index (χ3v) is 3.80. The van der Waals surface area contributed by atoms with Gasteiger partial charge in [0, 0.05) is 6.54 Å². The van der Waals surface area contributed by atoms with Crippen molar-refractivity contribution in [3.63, 3.8) is 0 Å². The molecule has 6 nitrogen and oxygen atoms in total. The van der Waals surface area contributed by atoms with Gasteiger partial charge in [0.15, 0.2) is 17.5 Å². The zero-order chi connectivity index (χ0) is 18.8. The fraction of sp³-hybridized carbons (Fsp3) is 0.350. The quantitative estimate of drug-likeness (QED) is 0.324. The van der Waals surface area contributed by atoms with Crippen LogP contribution < -0.4 is 25.3 Å². The topological polar surface area (TPSA) is 78.1 Å². The number of ether oxygens (including phenoxy) is 3. The standard InChI is InChI=1S/C20H27N3O3.HI/c1-4-26-19-17(24-2)12-16(13-18(19)25-3)14-23-20(21)22-11-10-15-8-6-5-7-9-15;/h5-9,12-13H,4,10-11,14H2,1-3H3,(H3,21,22,23);1H. The zero-order valence-electron chi connectivity index (χ0n) is 16.0. The van der Waals surface area contributed by atoms with Crippen molar-refractivity contribution in [2.75, 3.05) is 27.4 Å². The van der Waals surface area contributed by atoms with Gasteiger partial charge in [0.1, 0.15) is 0 Å². The van der Waals surface area contributed by atoms with E-state index in [-0.39, 0.29) is 24.0 Å². The number of aliphatic imine (C=N–C) groups is 1. The molecule has 148 valence electrons. The average molecular weight is 485 g/mol. The SMILES string of the molecule is CCOc1c(OC)cc(CN=C(N)NCCc2ccccc2)cc1OC.I. The Morgan fingerprint density at radius 1 is 1.04 bits per heavy atom. The molecule has 0 bridgehead atoms. The summed E-state index contributed by atoms with van der Waals surface area (Å²) in [6.07, 6.45) is 0.891. The smallest absolute Gasteiger partial charge is 0.203 e. The number of nitrogens with one attached hydrogen (secondary N) is 1. The van der Waals surface area contributed by atoms with Crippen molar-refractivity contribution >= 4 is 29.9 Å². The Hall–Kier alpha value is -2.16. The molecule has 0 spiro atoms. The summed E-state index contributed by atoms with van der Waals surface area (Å²) in [4.78, 5) is 4.38. The van der Waals surface area contributed by atoms with Crippen LogP contribution in [0, 0.1) is 0 Å². The van der Waals surface area contributed by atoms with Crippen LogP contribution in [0.4, 0.5) is 0 Å². The largest absolute Gasteiger partial charge is 0.493 e. The molecule has 27 heavy (non-hydrogen) atoms. The van der Waals surface area contributed by atoms with Crippen LogP contribution >= 0.6 is 24.0 Å². The highest BCUT2D eigenvalue weighted by Gasteiger charge is 2.13. The number of methoxy groups -OCH3 is 2. The Morgan fingerprint density at radius 2 is 1.67 bits per heavy atom. The van der Waals surface area contributed by atoms with Crippen molar-refractivity contribution in [1.29, 1.82) is 0 Å². The predicted molar refractivity (Wildman–Crippen MR) is 120 cm³/mol. The van der Waals surface area contributed by atoms with Crippen molar-refractivity contribution in [3.8, 4) is 17.2 Å². The number of halogens is 1. The fourth-order valence-corrected chi connectivity index (χ4v) is 2.52. The second-order valence-corrected chi connectivity index (χ2v) is 5.63. The van der Waals surface area contributed by atoms with Gasteiger partial charge in [-0.05, 0) is 36.6 Å². The third-order valence-electron chi connectivity index (χ3n) is 3.80. The molecule has 2 aromatic rings. The minimum atomic E-state index is 0. The molecule has 0 aromatic heterocycles. The number of guanidine groups is 1. The fourth-order valence-electron chi connectivity index (χ4n) is 2.52. The lowest BCUT2D eigenvalue weighted by Gasteiger charge is -2.15. The number of hydrogen-bond donors (Lipinski definition) is 2. The third kappa shape index (κ3) is 7.16. The lowest BCUT2D eigenvalue weighted by molar-refractivity contribution is 0.288. The lowest BCUT2D eigenvalue weighted by atomic mass is 10.1. The first-order valence-corrected chi connectivity index (χ1v) is 8.63. The zero-order valence-corrected chi connectivity index (χ0v) is 18.4. The van der Waals surface area contributed by atoms with E-state index in [1.807, 2.05) is 37.3 Å². The molecule has 2 aromatic carbocycles. The van der Waals surface area contributed by atoms with Gasteiger partial charge in [-0.3, -0.25) is 0 Å². The second kappa shape index (κ2) is 12.3. The van der Waals surface area contributed by atoms with Gasteiger partial charge in [0.2, 0.25) is 5.75 Å². The summed E-state index contributed by atoms with van der Waals surface area (Å²) in [5.74, 6) is 2.24. The van der Waals surface area contributed by atoms with Crippen LogP contribution in [-0.2, 0) is 13.0 Å². The van der Waals surface area contributed by atoms with Crippen LogP contribution in [0.5, 0.6) is 17.2 Å². The molecule has 0 saturated carbocycles. The molecule has 0 atom stereocenters. The van der Waals surface area contributed by atoms with Crippen LogP contribution in [0.2, 0.25) is 0 Å². The molecule has 0 amide bonds. The van der Waals surface area contributed by atoms with Crippen LogP contribution in [0.25, 0.3) is 0 Å². The maximum Gasteiger partial charge on any atom is 0.203 e. The number of rotatable bonds is 9. The van der Waals surface area contributed by atoms with Crippen LogP contribution in [-0.4, -0.2) is 33.3 Å². The Morgan fingerprint density at radius 3 is 2.22 bits per heavy atom. The molecule has 3 N–H and O–H groups in total. The van der Waals surface area contributed by atoms with Crippen molar-refractivity contribution in [1.82, 2.24) is 5.32 Å². The summed E-state index contributed by atoms with van der Waals surface area (Å²) >= 11 is 0. The predicted octanol–water partition coefficient (Wildman–Crippen LogP) is 3.37. The number of benzene rings is 2. The van der Waals surface area contributed by atoms with Gasteiger partial charge in [-0.15, -0.1) is 24.0 Å². The van der Waals surface area contributed by atoms with Crippen LogP contribution in [0.1, 0.15) is 18.1 Å². The minimum absolute atomic E-state index is 0. The molecular weight excluding hydrogens is 457 g/mol. The summed E-state index contributed by atoms with van der Waals surface area (Å²) in [6, 6.07) is 14.0. The molecule has 0 aliphatic heterocycles. The molecule has 0 unspecified atom stereocenters. The van der Waals surface area contributed by atoms with Gasteiger partial charge >= 0.3 is 0 Å². The van der Waals surface area contributed by atoms with E-state index in [4.69, 9.17) is 19.9 Å². The lowest BCUT2D eigenvalue weighted by Crippen LogP contribution is -2.33. The first-order chi connectivity index (χ1) is 12.7. The van der Waals surface area contributed by atoms with Crippen LogP contribution in [0.15, 0.2) is 47.5 Å². The molecule has 2 rings (SSSR count). The molecular formula is C20H28IN3O3. The molecule has 0 aliphatic rings. The summed E-state index contributed by atoms with van der Waals surface area (Å²) in [6.45, 7) is 3.60. The monoisotopic (exact) mass is 485 g/mol. The molecule has 0 fully saturated rings. The number of hydrogen-bond acceptors (Lipinski definition) is 4. The van der Waals surface area contributed by atoms with E-state index in [0.29, 0.717) is 36.4 Å². The molecule has 0 radical (unpaired) electrons. The van der Waals surface area contributed by atoms with Crippen molar-refractivity contribution in [2.24, 2.45) is 10.7 Å². The normalized spacial score (nSPS) is 10.7. The van der Waals surface area contributed by atoms with Gasteiger partial charge in [-0.25, -0.2) is 4.99 Å². The molecule has 0 aliphatic carbocycles. The molecule has 0 saturated heterocycles. The van der Waals surface area contributed by atoms with E-state index >= 15 is 0 Å². The molecule has 7 heteroatoms.